The summed E-state index contributed by atoms with van der Waals surface area (Å²) in [5, 5.41) is 5.78. The maximum atomic E-state index is 11.6. The molecule has 0 spiro atoms. The molecule has 0 aromatic heterocycles. The molecule has 4 heteroatoms. The number of hydrogen-bond acceptors (Lipinski definition) is 2. The minimum absolute atomic E-state index is 0.0874. The topological polar surface area (TPSA) is 58.2 Å². The molecular weight excluding hydrogens is 276 g/mol. The highest BCUT2D eigenvalue weighted by Crippen LogP contribution is 2.09. The third kappa shape index (κ3) is 7.81. The van der Waals surface area contributed by atoms with Crippen molar-refractivity contribution >= 4 is 11.8 Å². The van der Waals surface area contributed by atoms with Crippen molar-refractivity contribution in [3.63, 3.8) is 0 Å². The molecule has 0 aliphatic heterocycles. The van der Waals surface area contributed by atoms with Crippen molar-refractivity contribution in [2.45, 2.75) is 65.5 Å². The van der Waals surface area contributed by atoms with E-state index in [1.165, 1.54) is 0 Å². The largest absolute Gasteiger partial charge is 0.354 e. The molecule has 0 radical (unpaired) electrons. The van der Waals surface area contributed by atoms with Gasteiger partial charge in [0.15, 0.2) is 0 Å². The van der Waals surface area contributed by atoms with E-state index in [4.69, 9.17) is 0 Å². The zero-order valence-corrected chi connectivity index (χ0v) is 14.1. The third-order valence-electron chi connectivity index (χ3n) is 3.20. The number of aryl methyl sites for hydroxylation is 2. The number of hydrogen-bond donors (Lipinski definition) is 2. The molecule has 0 bridgehead atoms. The SMILES string of the molecule is CC(C)NC(=O)CCc1ccc(CCC(=O)NC(C)C)cc1. The van der Waals surface area contributed by atoms with Crippen LogP contribution < -0.4 is 10.6 Å². The van der Waals surface area contributed by atoms with E-state index in [2.05, 4.69) is 10.6 Å². The van der Waals surface area contributed by atoms with Gasteiger partial charge in [-0.1, -0.05) is 24.3 Å². The fourth-order valence-corrected chi connectivity index (χ4v) is 2.18. The Morgan fingerprint density at radius 2 is 1.09 bits per heavy atom. The van der Waals surface area contributed by atoms with Crippen LogP contribution in [0.3, 0.4) is 0 Å². The highest BCUT2D eigenvalue weighted by molar-refractivity contribution is 5.76. The predicted octanol–water partition coefficient (Wildman–Crippen LogP) is 2.60. The Bertz CT molecular complexity index is 433. The summed E-state index contributed by atoms with van der Waals surface area (Å²) in [6.07, 6.45) is 2.50. The quantitative estimate of drug-likeness (QED) is 0.775. The van der Waals surface area contributed by atoms with Gasteiger partial charge in [0.2, 0.25) is 11.8 Å². The zero-order chi connectivity index (χ0) is 16.5. The molecule has 0 saturated carbocycles. The maximum absolute atomic E-state index is 11.6. The first-order valence-electron chi connectivity index (χ1n) is 8.03. The molecule has 2 amide bonds. The molecule has 1 rings (SSSR count). The summed E-state index contributed by atoms with van der Waals surface area (Å²) in [6.45, 7) is 7.84. The molecule has 0 fully saturated rings. The second-order valence-corrected chi connectivity index (χ2v) is 6.26. The molecule has 2 N–H and O–H groups in total. The van der Waals surface area contributed by atoms with Crippen molar-refractivity contribution in [2.24, 2.45) is 0 Å². The first kappa shape index (κ1) is 18.2. The standard InChI is InChI=1S/C18H28N2O2/c1-13(2)19-17(21)11-9-15-5-7-16(8-6-15)10-12-18(22)20-14(3)4/h5-8,13-14H,9-12H2,1-4H3,(H,19,21)(H,20,22). The second-order valence-electron chi connectivity index (χ2n) is 6.26. The summed E-state index contributed by atoms with van der Waals surface area (Å²) in [7, 11) is 0. The summed E-state index contributed by atoms with van der Waals surface area (Å²) in [6, 6.07) is 8.53. The van der Waals surface area contributed by atoms with E-state index < -0.39 is 0 Å². The van der Waals surface area contributed by atoms with Crippen LogP contribution in [-0.4, -0.2) is 23.9 Å². The highest BCUT2D eigenvalue weighted by atomic mass is 16.2. The lowest BCUT2D eigenvalue weighted by Gasteiger charge is -2.09. The van der Waals surface area contributed by atoms with Gasteiger partial charge in [0, 0.05) is 24.9 Å². The Balaban J connectivity index is 2.36. The van der Waals surface area contributed by atoms with E-state index in [9.17, 15) is 9.59 Å². The van der Waals surface area contributed by atoms with Crippen molar-refractivity contribution < 1.29 is 9.59 Å². The minimum atomic E-state index is 0.0874. The number of nitrogens with one attached hydrogen (secondary N) is 2. The van der Waals surface area contributed by atoms with E-state index in [-0.39, 0.29) is 23.9 Å². The molecule has 122 valence electrons. The smallest absolute Gasteiger partial charge is 0.220 e. The van der Waals surface area contributed by atoms with Gasteiger partial charge in [-0.3, -0.25) is 9.59 Å². The Morgan fingerprint density at radius 3 is 1.36 bits per heavy atom. The molecule has 0 aliphatic carbocycles. The normalized spacial score (nSPS) is 10.8. The predicted molar refractivity (Wildman–Crippen MR) is 89.6 cm³/mol. The van der Waals surface area contributed by atoms with Crippen molar-refractivity contribution in [1.29, 1.82) is 0 Å². The van der Waals surface area contributed by atoms with Crippen LogP contribution in [0.5, 0.6) is 0 Å². The van der Waals surface area contributed by atoms with Gasteiger partial charge in [0.1, 0.15) is 0 Å². The van der Waals surface area contributed by atoms with Gasteiger partial charge in [0.05, 0.1) is 0 Å². The average molecular weight is 304 g/mol. The number of carbonyl (C=O) groups is 2. The van der Waals surface area contributed by atoms with Gasteiger partial charge in [-0.15, -0.1) is 0 Å². The van der Waals surface area contributed by atoms with E-state index in [1.54, 1.807) is 0 Å². The maximum Gasteiger partial charge on any atom is 0.220 e. The molecular formula is C18H28N2O2. The van der Waals surface area contributed by atoms with Crippen LogP contribution in [0.1, 0.15) is 51.7 Å². The monoisotopic (exact) mass is 304 g/mol. The van der Waals surface area contributed by atoms with Crippen LogP contribution in [-0.2, 0) is 22.4 Å². The van der Waals surface area contributed by atoms with Crippen molar-refractivity contribution in [3.8, 4) is 0 Å². The summed E-state index contributed by atoms with van der Waals surface area (Å²) < 4.78 is 0. The molecule has 0 heterocycles. The van der Waals surface area contributed by atoms with Crippen LogP contribution >= 0.6 is 0 Å². The van der Waals surface area contributed by atoms with Crippen LogP contribution in [0, 0.1) is 0 Å². The molecule has 1 aromatic carbocycles. The molecule has 1 aromatic rings. The fourth-order valence-electron chi connectivity index (χ4n) is 2.18. The minimum Gasteiger partial charge on any atom is -0.354 e. The number of carbonyl (C=O) groups excluding carboxylic acids is 2. The van der Waals surface area contributed by atoms with E-state index in [0.717, 1.165) is 24.0 Å². The van der Waals surface area contributed by atoms with E-state index >= 15 is 0 Å². The lowest BCUT2D eigenvalue weighted by atomic mass is 10.0. The lowest BCUT2D eigenvalue weighted by molar-refractivity contribution is -0.122. The summed E-state index contributed by atoms with van der Waals surface area (Å²) >= 11 is 0. The van der Waals surface area contributed by atoms with Crippen LogP contribution in [0.15, 0.2) is 24.3 Å². The average Bonchev–Trinajstić information content (AvgIpc) is 2.42. The molecule has 22 heavy (non-hydrogen) atoms. The first-order chi connectivity index (χ1) is 10.4. The second kappa shape index (κ2) is 9.23. The Hall–Kier alpha value is -1.84. The van der Waals surface area contributed by atoms with E-state index in [1.807, 2.05) is 52.0 Å². The van der Waals surface area contributed by atoms with Gasteiger partial charge in [-0.25, -0.2) is 0 Å². The van der Waals surface area contributed by atoms with Crippen LogP contribution in [0.4, 0.5) is 0 Å². The number of benzene rings is 1. The Morgan fingerprint density at radius 1 is 0.773 bits per heavy atom. The highest BCUT2D eigenvalue weighted by Gasteiger charge is 2.05. The third-order valence-corrected chi connectivity index (χ3v) is 3.20. The summed E-state index contributed by atoms with van der Waals surface area (Å²) in [4.78, 5) is 23.2. The van der Waals surface area contributed by atoms with E-state index in [0.29, 0.717) is 12.8 Å². The molecule has 4 nitrogen and oxygen atoms in total. The molecule has 0 aliphatic rings. The zero-order valence-electron chi connectivity index (χ0n) is 14.1. The molecule has 0 saturated heterocycles. The van der Waals surface area contributed by atoms with Crippen LogP contribution in [0.2, 0.25) is 0 Å². The van der Waals surface area contributed by atoms with Gasteiger partial charge in [-0.05, 0) is 51.7 Å². The molecule has 0 unspecified atom stereocenters. The lowest BCUT2D eigenvalue weighted by Crippen LogP contribution is -2.30. The van der Waals surface area contributed by atoms with Gasteiger partial charge in [0.25, 0.3) is 0 Å². The van der Waals surface area contributed by atoms with Crippen molar-refractivity contribution in [2.75, 3.05) is 0 Å². The summed E-state index contributed by atoms with van der Waals surface area (Å²) in [5.41, 5.74) is 2.29. The fraction of sp³-hybridized carbons (Fsp3) is 0.556. The Kier molecular flexibility index (Phi) is 7.64. The van der Waals surface area contributed by atoms with Gasteiger partial charge >= 0.3 is 0 Å². The molecule has 0 atom stereocenters. The first-order valence-corrected chi connectivity index (χ1v) is 8.03. The van der Waals surface area contributed by atoms with Crippen molar-refractivity contribution in [1.82, 2.24) is 10.6 Å². The van der Waals surface area contributed by atoms with Crippen LogP contribution in [0.25, 0.3) is 0 Å². The van der Waals surface area contributed by atoms with Crippen molar-refractivity contribution in [3.05, 3.63) is 35.4 Å². The van der Waals surface area contributed by atoms with Gasteiger partial charge in [-0.2, -0.15) is 0 Å². The number of amides is 2. The number of rotatable bonds is 8. The Labute approximate surface area is 133 Å². The summed E-state index contributed by atoms with van der Waals surface area (Å²) in [5.74, 6) is 0.175. The van der Waals surface area contributed by atoms with Gasteiger partial charge < -0.3 is 10.6 Å².